The average molecular weight is 340 g/mol. The molecule has 0 spiro atoms. The number of nitrogens with zero attached hydrogens (tertiary/aromatic N) is 2. The van der Waals surface area contributed by atoms with Crippen LogP contribution in [0.15, 0.2) is 24.4 Å². The number of rotatable bonds is 4. The van der Waals surface area contributed by atoms with Crippen LogP contribution in [0.2, 0.25) is 0 Å². The van der Waals surface area contributed by atoms with Crippen molar-refractivity contribution in [2.24, 2.45) is 5.92 Å². The molecule has 4 nitrogen and oxygen atoms in total. The number of carbonyl (C=O) groups is 1. The van der Waals surface area contributed by atoms with E-state index in [1.165, 1.54) is 22.0 Å². The zero-order valence-corrected chi connectivity index (χ0v) is 15.4. The second-order valence-electron chi connectivity index (χ2n) is 8.04. The van der Waals surface area contributed by atoms with Crippen LogP contribution in [0.1, 0.15) is 56.7 Å². The molecule has 1 aromatic heterocycles. The predicted octanol–water partition coefficient (Wildman–Crippen LogP) is 4.05. The number of benzene rings is 1. The zero-order chi connectivity index (χ0) is 17.7. The fourth-order valence-electron chi connectivity index (χ4n) is 5.08. The SMILES string of the molecule is CCCN1CC(C(=O)O)C[C@@H]2c3cccc4c3c(cn4C(C)C)C[C@H]21. The van der Waals surface area contributed by atoms with Gasteiger partial charge < -0.3 is 9.67 Å². The molecule has 0 amide bonds. The van der Waals surface area contributed by atoms with E-state index in [-0.39, 0.29) is 5.92 Å². The Morgan fingerprint density at radius 2 is 2.16 bits per heavy atom. The molecule has 1 unspecified atom stereocenters. The van der Waals surface area contributed by atoms with E-state index in [1.807, 2.05) is 0 Å². The summed E-state index contributed by atoms with van der Waals surface area (Å²) in [5.74, 6) is -0.560. The van der Waals surface area contributed by atoms with E-state index in [9.17, 15) is 9.90 Å². The van der Waals surface area contributed by atoms with Crippen LogP contribution in [0.5, 0.6) is 0 Å². The summed E-state index contributed by atoms with van der Waals surface area (Å²) in [6.45, 7) is 8.32. The highest BCUT2D eigenvalue weighted by atomic mass is 16.4. The van der Waals surface area contributed by atoms with Crippen molar-refractivity contribution >= 4 is 16.9 Å². The summed E-state index contributed by atoms with van der Waals surface area (Å²) in [6.07, 6.45) is 5.22. The molecule has 2 aliphatic rings. The summed E-state index contributed by atoms with van der Waals surface area (Å²) < 4.78 is 2.38. The highest BCUT2D eigenvalue weighted by Gasteiger charge is 2.42. The van der Waals surface area contributed by atoms with Crippen LogP contribution in [0.25, 0.3) is 10.9 Å². The van der Waals surface area contributed by atoms with Gasteiger partial charge in [-0.3, -0.25) is 9.69 Å². The quantitative estimate of drug-likeness (QED) is 0.913. The second-order valence-corrected chi connectivity index (χ2v) is 8.04. The van der Waals surface area contributed by atoms with Gasteiger partial charge in [0, 0.05) is 41.6 Å². The third-order valence-electron chi connectivity index (χ3n) is 6.14. The maximum Gasteiger partial charge on any atom is 0.307 e. The van der Waals surface area contributed by atoms with E-state index < -0.39 is 5.97 Å². The van der Waals surface area contributed by atoms with Crippen LogP contribution in [-0.4, -0.2) is 39.7 Å². The summed E-state index contributed by atoms with van der Waals surface area (Å²) in [7, 11) is 0. The standard InChI is InChI=1S/C21H28N2O2/c1-4-8-22-11-15(21(24)25)9-17-16-6-5-7-18-20(16)14(10-19(17)22)12-23(18)13(2)3/h5-7,12-13,15,17,19H,4,8-11H2,1-3H3,(H,24,25)/t15?,17-,19-/m1/s1. The predicted molar refractivity (Wildman–Crippen MR) is 100 cm³/mol. The molecule has 0 radical (unpaired) electrons. The Hall–Kier alpha value is -1.81. The number of hydrogen-bond donors (Lipinski definition) is 1. The van der Waals surface area contributed by atoms with Gasteiger partial charge in [0.05, 0.1) is 5.92 Å². The lowest BCUT2D eigenvalue weighted by Crippen LogP contribution is -2.51. The van der Waals surface area contributed by atoms with Crippen molar-refractivity contribution in [2.45, 2.75) is 58.0 Å². The Bertz CT molecular complexity index is 808. The Morgan fingerprint density at radius 1 is 1.36 bits per heavy atom. The molecule has 25 heavy (non-hydrogen) atoms. The van der Waals surface area contributed by atoms with Gasteiger partial charge in [0.25, 0.3) is 0 Å². The van der Waals surface area contributed by atoms with Crippen LogP contribution >= 0.6 is 0 Å². The first-order valence-corrected chi connectivity index (χ1v) is 9.60. The summed E-state index contributed by atoms with van der Waals surface area (Å²) in [5, 5.41) is 11.0. The van der Waals surface area contributed by atoms with Gasteiger partial charge in [0.2, 0.25) is 0 Å². The lowest BCUT2D eigenvalue weighted by Gasteiger charge is -2.46. The van der Waals surface area contributed by atoms with Crippen molar-refractivity contribution in [1.29, 1.82) is 0 Å². The third kappa shape index (κ3) is 2.58. The summed E-state index contributed by atoms with van der Waals surface area (Å²) in [6, 6.07) is 7.48. The van der Waals surface area contributed by atoms with Crippen LogP contribution in [0, 0.1) is 5.92 Å². The average Bonchev–Trinajstić information content (AvgIpc) is 2.96. The molecule has 1 aliphatic heterocycles. The molecule has 134 valence electrons. The molecule has 1 N–H and O–H groups in total. The van der Waals surface area contributed by atoms with Gasteiger partial charge in [-0.2, -0.15) is 0 Å². The molecule has 1 fully saturated rings. The number of hydrogen-bond acceptors (Lipinski definition) is 2. The number of aromatic nitrogens is 1. The largest absolute Gasteiger partial charge is 0.481 e. The summed E-state index contributed by atoms with van der Waals surface area (Å²) in [5.41, 5.74) is 4.12. The first-order valence-electron chi connectivity index (χ1n) is 9.60. The van der Waals surface area contributed by atoms with Gasteiger partial charge in [-0.25, -0.2) is 0 Å². The zero-order valence-electron chi connectivity index (χ0n) is 15.4. The van der Waals surface area contributed by atoms with E-state index in [0.717, 1.165) is 25.8 Å². The van der Waals surface area contributed by atoms with Crippen molar-refractivity contribution in [3.05, 3.63) is 35.5 Å². The molecular weight excluding hydrogens is 312 g/mol. The fraction of sp³-hybridized carbons (Fsp3) is 0.571. The first kappa shape index (κ1) is 16.6. The molecule has 1 aromatic carbocycles. The lowest BCUT2D eigenvalue weighted by molar-refractivity contribution is -0.144. The minimum absolute atomic E-state index is 0.253. The number of likely N-dealkylation sites (tertiary alicyclic amines) is 1. The van der Waals surface area contributed by atoms with Gasteiger partial charge >= 0.3 is 5.97 Å². The van der Waals surface area contributed by atoms with Gasteiger partial charge in [-0.1, -0.05) is 19.1 Å². The first-order chi connectivity index (χ1) is 12.0. The Kier molecular flexibility index (Phi) is 4.11. The molecule has 2 heterocycles. The number of carboxylic acid groups (broad SMARTS) is 1. The normalized spacial score (nSPS) is 26.2. The number of carboxylic acids is 1. The molecule has 1 aliphatic carbocycles. The van der Waals surface area contributed by atoms with E-state index in [0.29, 0.717) is 24.5 Å². The van der Waals surface area contributed by atoms with Gasteiger partial charge in [0.15, 0.2) is 0 Å². The highest BCUT2D eigenvalue weighted by molar-refractivity contribution is 5.89. The lowest BCUT2D eigenvalue weighted by atomic mass is 9.72. The van der Waals surface area contributed by atoms with Gasteiger partial charge in [-0.05, 0) is 56.8 Å². The van der Waals surface area contributed by atoms with Gasteiger partial charge in [-0.15, -0.1) is 0 Å². The van der Waals surface area contributed by atoms with E-state index in [4.69, 9.17) is 0 Å². The Balaban J connectivity index is 1.84. The molecule has 4 rings (SSSR count). The van der Waals surface area contributed by atoms with Crippen LogP contribution in [0.4, 0.5) is 0 Å². The molecular formula is C21H28N2O2. The number of fused-ring (bicyclic) bond motifs is 2. The van der Waals surface area contributed by atoms with Gasteiger partial charge in [0.1, 0.15) is 0 Å². The molecule has 0 saturated carbocycles. The van der Waals surface area contributed by atoms with Crippen LogP contribution < -0.4 is 0 Å². The molecule has 0 bridgehead atoms. The Labute approximate surface area is 149 Å². The fourth-order valence-corrected chi connectivity index (χ4v) is 5.08. The minimum atomic E-state index is -0.641. The number of piperidine rings is 1. The monoisotopic (exact) mass is 340 g/mol. The summed E-state index contributed by atoms with van der Waals surface area (Å²) >= 11 is 0. The van der Waals surface area contributed by atoms with E-state index >= 15 is 0 Å². The maximum atomic E-state index is 11.7. The summed E-state index contributed by atoms with van der Waals surface area (Å²) in [4.78, 5) is 14.2. The molecule has 3 atom stereocenters. The van der Waals surface area contributed by atoms with Crippen LogP contribution in [0.3, 0.4) is 0 Å². The van der Waals surface area contributed by atoms with Crippen molar-refractivity contribution in [3.8, 4) is 0 Å². The van der Waals surface area contributed by atoms with Crippen molar-refractivity contribution in [3.63, 3.8) is 0 Å². The van der Waals surface area contributed by atoms with E-state index in [2.05, 4.69) is 54.6 Å². The molecule has 4 heteroatoms. The topological polar surface area (TPSA) is 45.5 Å². The minimum Gasteiger partial charge on any atom is -0.481 e. The third-order valence-corrected chi connectivity index (χ3v) is 6.14. The smallest absolute Gasteiger partial charge is 0.307 e. The highest BCUT2D eigenvalue weighted by Crippen LogP contribution is 2.45. The molecule has 1 saturated heterocycles. The van der Waals surface area contributed by atoms with E-state index in [1.54, 1.807) is 0 Å². The van der Waals surface area contributed by atoms with Crippen molar-refractivity contribution < 1.29 is 9.90 Å². The van der Waals surface area contributed by atoms with Crippen molar-refractivity contribution in [1.82, 2.24) is 9.47 Å². The Morgan fingerprint density at radius 3 is 2.84 bits per heavy atom. The second kappa shape index (κ2) is 6.17. The van der Waals surface area contributed by atoms with Crippen molar-refractivity contribution in [2.75, 3.05) is 13.1 Å². The van der Waals surface area contributed by atoms with Crippen LogP contribution in [-0.2, 0) is 11.2 Å². The number of aliphatic carboxylic acids is 1. The maximum absolute atomic E-state index is 11.7. The molecule has 2 aromatic rings.